The maximum atomic E-state index is 12.0. The quantitative estimate of drug-likeness (QED) is 0.729. The smallest absolute Gasteiger partial charge is 0.244 e. The van der Waals surface area contributed by atoms with Gasteiger partial charge in [0.25, 0.3) is 0 Å². The molecule has 0 fully saturated rings. The first-order chi connectivity index (χ1) is 12.0. The summed E-state index contributed by atoms with van der Waals surface area (Å²) in [6, 6.07) is 9.97. The Balaban J connectivity index is 1.68. The third kappa shape index (κ3) is 3.85. The molecule has 1 N–H and O–H groups in total. The van der Waals surface area contributed by atoms with E-state index >= 15 is 0 Å². The van der Waals surface area contributed by atoms with Crippen molar-refractivity contribution in [1.29, 1.82) is 0 Å². The van der Waals surface area contributed by atoms with Crippen LogP contribution in [0.2, 0.25) is 0 Å². The van der Waals surface area contributed by atoms with Crippen LogP contribution in [0, 0.1) is 13.8 Å². The Kier molecular flexibility index (Phi) is 4.79. The number of amides is 1. The summed E-state index contributed by atoms with van der Waals surface area (Å²) in [6.45, 7) is 4.42. The Bertz CT molecular complexity index is 905. The third-order valence-electron chi connectivity index (χ3n) is 4.03. The Labute approximate surface area is 146 Å². The zero-order chi connectivity index (χ0) is 17.8. The molecule has 2 aromatic heterocycles. The summed E-state index contributed by atoms with van der Waals surface area (Å²) in [5.74, 6) is -0.143. The summed E-state index contributed by atoms with van der Waals surface area (Å²) in [5.41, 5.74) is 4.88. The number of hydrogen-bond acceptors (Lipinski definition) is 3. The molecule has 3 aromatic rings. The monoisotopic (exact) mass is 335 g/mol. The standard InChI is InChI=1S/C19H21N5O/c1-14-18(15(2)24(22-14)17-7-5-4-6-8-17)12-20-19(25)10-9-16-11-21-23(3)13-16/h4-11,13H,12H2,1-3H3,(H,20,25). The summed E-state index contributed by atoms with van der Waals surface area (Å²) in [7, 11) is 1.84. The first-order valence-corrected chi connectivity index (χ1v) is 8.09. The van der Waals surface area contributed by atoms with Crippen LogP contribution < -0.4 is 5.32 Å². The molecule has 0 radical (unpaired) electrons. The van der Waals surface area contributed by atoms with Gasteiger partial charge in [-0.05, 0) is 32.1 Å². The van der Waals surface area contributed by atoms with Crippen LogP contribution in [0.1, 0.15) is 22.5 Å². The Morgan fingerprint density at radius 2 is 2.00 bits per heavy atom. The van der Waals surface area contributed by atoms with Crippen molar-refractivity contribution in [3.63, 3.8) is 0 Å². The van der Waals surface area contributed by atoms with E-state index in [1.54, 1.807) is 17.0 Å². The minimum absolute atomic E-state index is 0.143. The van der Waals surface area contributed by atoms with E-state index in [1.807, 2.05) is 62.1 Å². The highest BCUT2D eigenvalue weighted by atomic mass is 16.1. The van der Waals surface area contributed by atoms with Gasteiger partial charge < -0.3 is 5.32 Å². The van der Waals surface area contributed by atoms with Crippen molar-refractivity contribution in [3.05, 3.63) is 71.3 Å². The molecule has 6 heteroatoms. The lowest BCUT2D eigenvalue weighted by molar-refractivity contribution is -0.116. The molecule has 0 aliphatic rings. The molecule has 0 aliphatic heterocycles. The number of aromatic nitrogens is 4. The van der Waals surface area contributed by atoms with Crippen molar-refractivity contribution < 1.29 is 4.79 Å². The molecule has 2 heterocycles. The van der Waals surface area contributed by atoms with Crippen molar-refractivity contribution in [2.45, 2.75) is 20.4 Å². The van der Waals surface area contributed by atoms with Gasteiger partial charge in [-0.1, -0.05) is 18.2 Å². The van der Waals surface area contributed by atoms with Gasteiger partial charge in [0.1, 0.15) is 0 Å². The van der Waals surface area contributed by atoms with Crippen molar-refractivity contribution >= 4 is 12.0 Å². The normalized spacial score (nSPS) is 11.2. The second-order valence-corrected chi connectivity index (χ2v) is 5.90. The van der Waals surface area contributed by atoms with Gasteiger partial charge in [0.15, 0.2) is 0 Å². The molecule has 0 bridgehead atoms. The number of nitrogens with zero attached hydrogens (tertiary/aromatic N) is 4. The number of nitrogens with one attached hydrogen (secondary N) is 1. The first-order valence-electron chi connectivity index (χ1n) is 8.09. The maximum Gasteiger partial charge on any atom is 0.244 e. The molecule has 1 aromatic carbocycles. The molecular formula is C19H21N5O. The second kappa shape index (κ2) is 7.17. The second-order valence-electron chi connectivity index (χ2n) is 5.90. The predicted molar refractivity (Wildman–Crippen MR) is 97.1 cm³/mol. The molecule has 1 amide bonds. The molecule has 0 atom stereocenters. The third-order valence-corrected chi connectivity index (χ3v) is 4.03. The Morgan fingerprint density at radius 1 is 1.24 bits per heavy atom. The average molecular weight is 335 g/mol. The van der Waals surface area contributed by atoms with Crippen LogP contribution in [0.5, 0.6) is 0 Å². The molecule has 3 rings (SSSR count). The summed E-state index contributed by atoms with van der Waals surface area (Å²) in [5, 5.41) is 11.6. The lowest BCUT2D eigenvalue weighted by atomic mass is 10.2. The van der Waals surface area contributed by atoms with E-state index in [1.165, 1.54) is 6.08 Å². The van der Waals surface area contributed by atoms with E-state index in [0.29, 0.717) is 6.54 Å². The zero-order valence-electron chi connectivity index (χ0n) is 14.6. The minimum Gasteiger partial charge on any atom is -0.348 e. The zero-order valence-corrected chi connectivity index (χ0v) is 14.6. The number of aryl methyl sites for hydroxylation is 2. The number of para-hydroxylation sites is 1. The van der Waals surface area contributed by atoms with Gasteiger partial charge in [0.05, 0.1) is 17.6 Å². The minimum atomic E-state index is -0.143. The van der Waals surface area contributed by atoms with Crippen molar-refractivity contribution in [2.24, 2.45) is 7.05 Å². The van der Waals surface area contributed by atoms with Crippen LogP contribution in [-0.2, 0) is 18.4 Å². The van der Waals surface area contributed by atoms with E-state index in [0.717, 1.165) is 28.2 Å². The topological polar surface area (TPSA) is 64.7 Å². The molecule has 0 unspecified atom stereocenters. The fraction of sp³-hybridized carbons (Fsp3) is 0.211. The molecule has 0 saturated carbocycles. The van der Waals surface area contributed by atoms with Gasteiger partial charge in [0, 0.05) is 42.7 Å². The van der Waals surface area contributed by atoms with E-state index in [9.17, 15) is 4.79 Å². The fourth-order valence-corrected chi connectivity index (χ4v) is 2.68. The number of benzene rings is 1. The van der Waals surface area contributed by atoms with Gasteiger partial charge >= 0.3 is 0 Å². The van der Waals surface area contributed by atoms with Crippen molar-refractivity contribution in [1.82, 2.24) is 24.9 Å². The number of rotatable bonds is 5. The summed E-state index contributed by atoms with van der Waals surface area (Å²) >= 11 is 0. The highest BCUT2D eigenvalue weighted by molar-refractivity contribution is 5.91. The Morgan fingerprint density at radius 3 is 2.68 bits per heavy atom. The van der Waals surface area contributed by atoms with E-state index in [-0.39, 0.29) is 5.91 Å². The predicted octanol–water partition coefficient (Wildman–Crippen LogP) is 2.55. The Hall–Kier alpha value is -3.15. The number of carbonyl (C=O) groups excluding carboxylic acids is 1. The van der Waals surface area contributed by atoms with Crippen LogP contribution in [-0.4, -0.2) is 25.5 Å². The highest BCUT2D eigenvalue weighted by Gasteiger charge is 2.13. The van der Waals surface area contributed by atoms with Gasteiger partial charge in [-0.15, -0.1) is 0 Å². The van der Waals surface area contributed by atoms with Crippen molar-refractivity contribution in [2.75, 3.05) is 0 Å². The van der Waals surface area contributed by atoms with Gasteiger partial charge in [-0.2, -0.15) is 10.2 Å². The molecule has 128 valence electrons. The van der Waals surface area contributed by atoms with Crippen LogP contribution >= 0.6 is 0 Å². The van der Waals surface area contributed by atoms with Gasteiger partial charge in [-0.25, -0.2) is 4.68 Å². The van der Waals surface area contributed by atoms with Gasteiger partial charge in [-0.3, -0.25) is 9.48 Å². The van der Waals surface area contributed by atoms with Crippen LogP contribution in [0.15, 0.2) is 48.8 Å². The van der Waals surface area contributed by atoms with E-state index in [4.69, 9.17) is 0 Å². The average Bonchev–Trinajstić information content (AvgIpc) is 3.15. The summed E-state index contributed by atoms with van der Waals surface area (Å²) < 4.78 is 3.60. The first kappa shape index (κ1) is 16.7. The van der Waals surface area contributed by atoms with Crippen molar-refractivity contribution in [3.8, 4) is 5.69 Å². The fourth-order valence-electron chi connectivity index (χ4n) is 2.68. The molecule has 0 saturated heterocycles. The molecular weight excluding hydrogens is 314 g/mol. The van der Waals surface area contributed by atoms with Crippen LogP contribution in [0.25, 0.3) is 11.8 Å². The highest BCUT2D eigenvalue weighted by Crippen LogP contribution is 2.17. The molecule has 0 spiro atoms. The maximum absolute atomic E-state index is 12.0. The largest absolute Gasteiger partial charge is 0.348 e. The summed E-state index contributed by atoms with van der Waals surface area (Å²) in [4.78, 5) is 12.0. The number of hydrogen-bond donors (Lipinski definition) is 1. The molecule has 0 aliphatic carbocycles. The van der Waals surface area contributed by atoms with E-state index < -0.39 is 0 Å². The molecule has 25 heavy (non-hydrogen) atoms. The lowest BCUT2D eigenvalue weighted by Gasteiger charge is -2.06. The number of carbonyl (C=O) groups is 1. The van der Waals surface area contributed by atoms with E-state index in [2.05, 4.69) is 15.5 Å². The van der Waals surface area contributed by atoms with Gasteiger partial charge in [0.2, 0.25) is 5.91 Å². The molecule has 6 nitrogen and oxygen atoms in total. The van der Waals surface area contributed by atoms with Crippen LogP contribution in [0.4, 0.5) is 0 Å². The summed E-state index contributed by atoms with van der Waals surface area (Å²) in [6.07, 6.45) is 6.82. The SMILES string of the molecule is Cc1nn(-c2ccccc2)c(C)c1CNC(=O)C=Cc1cnn(C)c1. The lowest BCUT2D eigenvalue weighted by Crippen LogP contribution is -2.21. The van der Waals surface area contributed by atoms with Crippen LogP contribution in [0.3, 0.4) is 0 Å².